The Bertz CT molecular complexity index is 668. The summed E-state index contributed by atoms with van der Waals surface area (Å²) in [5.41, 5.74) is -0.362. The zero-order valence-corrected chi connectivity index (χ0v) is 19.7. The van der Waals surface area contributed by atoms with Crippen molar-refractivity contribution in [3.63, 3.8) is 0 Å². The number of halogens is 2. The summed E-state index contributed by atoms with van der Waals surface area (Å²) in [6, 6.07) is 0. The fourth-order valence-corrected chi connectivity index (χ4v) is 6.57. The zero-order valence-electron chi connectivity index (χ0n) is 18.9. The van der Waals surface area contributed by atoms with E-state index in [9.17, 15) is 19.1 Å². The van der Waals surface area contributed by atoms with Crippen LogP contribution in [0.2, 0.25) is 0 Å². The lowest BCUT2D eigenvalue weighted by molar-refractivity contribution is -0.135. The molecule has 0 aromatic carbocycles. The van der Waals surface area contributed by atoms with E-state index in [-0.39, 0.29) is 60.5 Å². The minimum Gasteiger partial charge on any atom is -0.396 e. The van der Waals surface area contributed by atoms with Gasteiger partial charge in [-0.1, -0.05) is 6.42 Å². The van der Waals surface area contributed by atoms with Crippen molar-refractivity contribution in [2.45, 2.75) is 112 Å². The van der Waals surface area contributed by atoms with Gasteiger partial charge in [0.2, 0.25) is 11.8 Å². The molecule has 5 unspecified atom stereocenters. The molecule has 5 aliphatic carbocycles. The van der Waals surface area contributed by atoms with Crippen molar-refractivity contribution in [2.24, 2.45) is 11.8 Å². The van der Waals surface area contributed by atoms with Gasteiger partial charge in [-0.15, -0.1) is 11.6 Å². The van der Waals surface area contributed by atoms with Gasteiger partial charge in [-0.3, -0.25) is 9.59 Å². The van der Waals surface area contributed by atoms with Gasteiger partial charge in [0.05, 0.1) is 11.5 Å². The number of carbonyl (C=O) groups is 2. The molecule has 0 radical (unpaired) electrons. The van der Waals surface area contributed by atoms with Crippen LogP contribution in [0.25, 0.3) is 0 Å². The first-order valence-corrected chi connectivity index (χ1v) is 12.9. The second kappa shape index (κ2) is 10.1. The van der Waals surface area contributed by atoms with Gasteiger partial charge in [0.25, 0.3) is 0 Å². The third kappa shape index (κ3) is 5.58. The highest BCUT2D eigenvalue weighted by Gasteiger charge is 2.50. The largest absolute Gasteiger partial charge is 0.396 e. The third-order valence-electron chi connectivity index (χ3n) is 8.55. The number of amides is 2. The zero-order chi connectivity index (χ0) is 22.8. The topological polar surface area (TPSA) is 87.7 Å². The van der Waals surface area contributed by atoms with Crippen molar-refractivity contribution < 1.29 is 23.8 Å². The van der Waals surface area contributed by atoms with Gasteiger partial charge >= 0.3 is 0 Å². The Balaban J connectivity index is 1.22. The summed E-state index contributed by atoms with van der Waals surface area (Å²) in [5, 5.41) is 15.6. The van der Waals surface area contributed by atoms with Crippen LogP contribution in [0.15, 0.2) is 0 Å². The number of hydrogen-bond donors (Lipinski definition) is 3. The van der Waals surface area contributed by atoms with E-state index in [1.807, 2.05) is 0 Å². The van der Waals surface area contributed by atoms with E-state index in [0.717, 1.165) is 64.2 Å². The number of hydrogen-bond acceptors (Lipinski definition) is 4. The molecule has 5 atom stereocenters. The SMILES string of the molecule is O=C(COC1CCC(Cl)C(F)C1)NC12CCC(NC(=O)C3CCCC(CO)C3)(CC1)CC2. The molecule has 8 heteroatoms. The summed E-state index contributed by atoms with van der Waals surface area (Å²) < 4.78 is 19.5. The number of carbonyl (C=O) groups excluding carboxylic acids is 2. The predicted molar refractivity (Wildman–Crippen MR) is 120 cm³/mol. The second-order valence-electron chi connectivity index (χ2n) is 10.8. The molecule has 0 aliphatic heterocycles. The van der Waals surface area contributed by atoms with Crippen LogP contribution in [0.3, 0.4) is 0 Å². The van der Waals surface area contributed by atoms with Crippen LogP contribution in [0.4, 0.5) is 4.39 Å². The number of aliphatic hydroxyl groups excluding tert-OH is 1. The molecule has 5 fully saturated rings. The quantitative estimate of drug-likeness (QED) is 0.496. The molecular weight excluding hydrogens is 435 g/mol. The molecule has 0 heterocycles. The maximum atomic E-state index is 13.8. The first-order chi connectivity index (χ1) is 15.3. The highest BCUT2D eigenvalue weighted by Crippen LogP contribution is 2.47. The average molecular weight is 473 g/mol. The number of aliphatic hydroxyl groups is 1. The van der Waals surface area contributed by atoms with Crippen molar-refractivity contribution in [3.8, 4) is 0 Å². The molecule has 5 saturated carbocycles. The Morgan fingerprint density at radius 3 is 2.25 bits per heavy atom. The molecule has 5 aliphatic rings. The highest BCUT2D eigenvalue weighted by molar-refractivity contribution is 6.21. The van der Waals surface area contributed by atoms with Gasteiger partial charge in [-0.05, 0) is 76.5 Å². The van der Waals surface area contributed by atoms with Gasteiger partial charge in [0.15, 0.2) is 0 Å². The van der Waals surface area contributed by atoms with E-state index in [1.165, 1.54) is 0 Å². The van der Waals surface area contributed by atoms with E-state index in [1.54, 1.807) is 0 Å². The molecule has 3 N–H and O–H groups in total. The van der Waals surface area contributed by atoms with Crippen LogP contribution in [-0.4, -0.2) is 58.9 Å². The van der Waals surface area contributed by atoms with Crippen molar-refractivity contribution in [1.82, 2.24) is 10.6 Å². The maximum Gasteiger partial charge on any atom is 0.246 e. The molecule has 2 amide bonds. The van der Waals surface area contributed by atoms with Crippen molar-refractivity contribution >= 4 is 23.4 Å². The van der Waals surface area contributed by atoms with Gasteiger partial charge in [-0.25, -0.2) is 4.39 Å². The van der Waals surface area contributed by atoms with Crippen molar-refractivity contribution in [2.75, 3.05) is 13.2 Å². The maximum absolute atomic E-state index is 13.8. The predicted octanol–water partition coefficient (Wildman–Crippen LogP) is 3.38. The van der Waals surface area contributed by atoms with Crippen LogP contribution < -0.4 is 10.6 Å². The summed E-state index contributed by atoms with van der Waals surface area (Å²) >= 11 is 5.92. The molecule has 0 saturated heterocycles. The Kier molecular flexibility index (Phi) is 7.67. The Morgan fingerprint density at radius 1 is 0.969 bits per heavy atom. The lowest BCUT2D eigenvalue weighted by Gasteiger charge is -2.54. The van der Waals surface area contributed by atoms with Gasteiger partial charge in [0.1, 0.15) is 12.8 Å². The first-order valence-electron chi connectivity index (χ1n) is 12.5. The number of nitrogens with one attached hydrogen (secondary N) is 2. The molecular formula is C24H38ClFN2O4. The van der Waals surface area contributed by atoms with E-state index in [2.05, 4.69) is 10.6 Å². The van der Waals surface area contributed by atoms with Crippen LogP contribution in [0.1, 0.15) is 83.5 Å². The van der Waals surface area contributed by atoms with E-state index < -0.39 is 11.5 Å². The molecule has 182 valence electrons. The van der Waals surface area contributed by atoms with E-state index in [4.69, 9.17) is 16.3 Å². The molecule has 2 bridgehead atoms. The molecule has 32 heavy (non-hydrogen) atoms. The van der Waals surface area contributed by atoms with Gasteiger partial charge in [-0.2, -0.15) is 0 Å². The van der Waals surface area contributed by atoms with Crippen LogP contribution in [-0.2, 0) is 14.3 Å². The smallest absolute Gasteiger partial charge is 0.246 e. The summed E-state index contributed by atoms with van der Waals surface area (Å²) in [4.78, 5) is 25.5. The Morgan fingerprint density at radius 2 is 1.62 bits per heavy atom. The number of ether oxygens (including phenoxy) is 1. The summed E-state index contributed by atoms with van der Waals surface area (Å²) in [6.07, 6.45) is 9.12. The lowest BCUT2D eigenvalue weighted by Crippen LogP contribution is -2.64. The van der Waals surface area contributed by atoms with Crippen LogP contribution >= 0.6 is 11.6 Å². The lowest BCUT2D eigenvalue weighted by atomic mass is 9.61. The normalized spacial score (nSPS) is 41.8. The van der Waals surface area contributed by atoms with Crippen molar-refractivity contribution in [3.05, 3.63) is 0 Å². The minimum atomic E-state index is -1.07. The Hall–Kier alpha value is -0.920. The third-order valence-corrected chi connectivity index (χ3v) is 9.04. The highest BCUT2D eigenvalue weighted by atomic mass is 35.5. The summed E-state index contributed by atoms with van der Waals surface area (Å²) in [5.74, 6) is 0.274. The number of fused-ring (bicyclic) bond motifs is 3. The van der Waals surface area contributed by atoms with Crippen LogP contribution in [0.5, 0.6) is 0 Å². The average Bonchev–Trinajstić information content (AvgIpc) is 2.81. The summed E-state index contributed by atoms with van der Waals surface area (Å²) in [6.45, 7) is 0.130. The number of rotatable bonds is 7. The Labute approximate surface area is 195 Å². The van der Waals surface area contributed by atoms with Crippen molar-refractivity contribution in [1.29, 1.82) is 0 Å². The van der Waals surface area contributed by atoms with Gasteiger partial charge < -0.3 is 20.5 Å². The van der Waals surface area contributed by atoms with Crippen LogP contribution in [0, 0.1) is 11.8 Å². The number of alkyl halides is 2. The molecule has 6 nitrogen and oxygen atoms in total. The molecule has 5 rings (SSSR count). The van der Waals surface area contributed by atoms with E-state index >= 15 is 0 Å². The molecule has 0 aromatic rings. The standard InChI is InChI=1S/C24H38ClFN2O4/c25-19-5-4-18(13-20(19)26)32-15-21(30)27-23-6-9-24(10-7-23,11-8-23)28-22(31)17-3-1-2-16(12-17)14-29/h16-20,29H,1-15H2,(H,27,30)(H,28,31). The van der Waals surface area contributed by atoms with E-state index in [0.29, 0.717) is 12.8 Å². The molecule has 0 aromatic heterocycles. The second-order valence-corrected chi connectivity index (χ2v) is 11.3. The fourth-order valence-electron chi connectivity index (χ4n) is 6.34. The fraction of sp³-hybridized carbons (Fsp3) is 0.917. The molecule has 0 spiro atoms. The summed E-state index contributed by atoms with van der Waals surface area (Å²) in [7, 11) is 0. The minimum absolute atomic E-state index is 0.0125. The monoisotopic (exact) mass is 472 g/mol. The first kappa shape index (κ1) is 24.2. The van der Waals surface area contributed by atoms with Gasteiger partial charge in [0, 0.05) is 30.0 Å².